The summed E-state index contributed by atoms with van der Waals surface area (Å²) in [5.74, 6) is 5.36. The standard InChI is InChI=1S/C13H18N2O2/c1-2-17-13(16)10-7-6-9-4-3-5-12(15-14)11(9)8-10/h3-5,10,15H,2,6-8,14H2,1H3. The molecule has 0 aliphatic heterocycles. The van der Waals surface area contributed by atoms with Gasteiger partial charge in [0.25, 0.3) is 0 Å². The van der Waals surface area contributed by atoms with Crippen molar-refractivity contribution < 1.29 is 9.53 Å². The van der Waals surface area contributed by atoms with Crippen molar-refractivity contribution in [1.82, 2.24) is 0 Å². The normalized spacial score (nSPS) is 18.4. The number of nitrogens with two attached hydrogens (primary N) is 1. The zero-order chi connectivity index (χ0) is 12.3. The highest BCUT2D eigenvalue weighted by molar-refractivity contribution is 5.74. The number of aryl methyl sites for hydroxylation is 1. The van der Waals surface area contributed by atoms with Gasteiger partial charge in [-0.15, -0.1) is 0 Å². The van der Waals surface area contributed by atoms with Crippen LogP contribution < -0.4 is 11.3 Å². The minimum Gasteiger partial charge on any atom is -0.466 e. The number of hydrogen-bond donors (Lipinski definition) is 2. The largest absolute Gasteiger partial charge is 0.466 e. The van der Waals surface area contributed by atoms with Crippen molar-refractivity contribution in [2.24, 2.45) is 11.8 Å². The Morgan fingerprint density at radius 3 is 3.12 bits per heavy atom. The van der Waals surface area contributed by atoms with Crippen LogP contribution in [0.5, 0.6) is 0 Å². The van der Waals surface area contributed by atoms with E-state index in [-0.39, 0.29) is 11.9 Å². The molecule has 0 spiro atoms. The van der Waals surface area contributed by atoms with E-state index in [1.54, 1.807) is 0 Å². The van der Waals surface area contributed by atoms with Gasteiger partial charge in [0, 0.05) is 0 Å². The molecule has 17 heavy (non-hydrogen) atoms. The summed E-state index contributed by atoms with van der Waals surface area (Å²) in [6, 6.07) is 6.02. The zero-order valence-electron chi connectivity index (χ0n) is 10.0. The van der Waals surface area contributed by atoms with Gasteiger partial charge in [-0.25, -0.2) is 0 Å². The van der Waals surface area contributed by atoms with Gasteiger partial charge in [0.2, 0.25) is 0 Å². The monoisotopic (exact) mass is 234 g/mol. The molecular formula is C13H18N2O2. The average molecular weight is 234 g/mol. The van der Waals surface area contributed by atoms with E-state index in [9.17, 15) is 4.79 Å². The van der Waals surface area contributed by atoms with E-state index in [2.05, 4.69) is 11.5 Å². The average Bonchev–Trinajstić information content (AvgIpc) is 2.37. The number of benzene rings is 1. The number of esters is 1. The van der Waals surface area contributed by atoms with Gasteiger partial charge < -0.3 is 10.2 Å². The minimum atomic E-state index is -0.0926. The number of ether oxygens (including phenoxy) is 1. The van der Waals surface area contributed by atoms with Gasteiger partial charge in [0.1, 0.15) is 0 Å². The second-order valence-corrected chi connectivity index (χ2v) is 4.28. The van der Waals surface area contributed by atoms with Crippen molar-refractivity contribution in [3.8, 4) is 0 Å². The molecule has 0 heterocycles. The highest BCUT2D eigenvalue weighted by atomic mass is 16.5. The Morgan fingerprint density at radius 1 is 1.59 bits per heavy atom. The summed E-state index contributed by atoms with van der Waals surface area (Å²) in [7, 11) is 0. The number of carbonyl (C=O) groups is 1. The molecule has 4 heteroatoms. The maximum atomic E-state index is 11.7. The lowest BCUT2D eigenvalue weighted by Crippen LogP contribution is -2.26. The molecule has 0 aromatic heterocycles. The lowest BCUT2D eigenvalue weighted by atomic mass is 9.83. The maximum Gasteiger partial charge on any atom is 0.309 e. The van der Waals surface area contributed by atoms with Crippen LogP contribution in [0.1, 0.15) is 24.5 Å². The van der Waals surface area contributed by atoms with E-state index in [0.29, 0.717) is 13.0 Å². The van der Waals surface area contributed by atoms with Crippen molar-refractivity contribution in [2.75, 3.05) is 12.0 Å². The first-order valence-electron chi connectivity index (χ1n) is 6.00. The topological polar surface area (TPSA) is 64.3 Å². The first-order chi connectivity index (χ1) is 8.26. The molecule has 4 nitrogen and oxygen atoms in total. The molecule has 0 saturated carbocycles. The highest BCUT2D eigenvalue weighted by Gasteiger charge is 2.26. The zero-order valence-corrected chi connectivity index (χ0v) is 10.0. The van der Waals surface area contributed by atoms with Crippen LogP contribution in [0.2, 0.25) is 0 Å². The Hall–Kier alpha value is -1.55. The number of rotatable bonds is 3. The third kappa shape index (κ3) is 2.42. The van der Waals surface area contributed by atoms with Crippen molar-refractivity contribution in [1.29, 1.82) is 0 Å². The van der Waals surface area contributed by atoms with Gasteiger partial charge in [-0.05, 0) is 43.4 Å². The third-order valence-corrected chi connectivity index (χ3v) is 3.26. The van der Waals surface area contributed by atoms with E-state index in [0.717, 1.165) is 24.1 Å². The summed E-state index contributed by atoms with van der Waals surface area (Å²) in [6.45, 7) is 2.28. The molecule has 1 atom stereocenters. The Bertz CT molecular complexity index is 404. The fourth-order valence-electron chi connectivity index (χ4n) is 2.38. The van der Waals surface area contributed by atoms with Crippen LogP contribution in [0.15, 0.2) is 18.2 Å². The quantitative estimate of drug-likeness (QED) is 0.474. The molecule has 0 saturated heterocycles. The number of hydrogen-bond acceptors (Lipinski definition) is 4. The minimum absolute atomic E-state index is 0.0306. The SMILES string of the molecule is CCOC(=O)C1CCc2cccc(NN)c2C1. The summed E-state index contributed by atoms with van der Waals surface area (Å²) < 4.78 is 5.08. The summed E-state index contributed by atoms with van der Waals surface area (Å²) in [5.41, 5.74) is 6.04. The third-order valence-electron chi connectivity index (χ3n) is 3.26. The number of carbonyl (C=O) groups excluding carboxylic acids is 1. The highest BCUT2D eigenvalue weighted by Crippen LogP contribution is 2.31. The number of anilines is 1. The van der Waals surface area contributed by atoms with Crippen LogP contribution in [0.25, 0.3) is 0 Å². The lowest BCUT2D eigenvalue weighted by molar-refractivity contribution is -0.148. The van der Waals surface area contributed by atoms with Gasteiger partial charge in [-0.1, -0.05) is 12.1 Å². The van der Waals surface area contributed by atoms with E-state index in [4.69, 9.17) is 10.6 Å². The first-order valence-corrected chi connectivity index (χ1v) is 6.00. The lowest BCUT2D eigenvalue weighted by Gasteiger charge is -2.25. The first kappa shape index (κ1) is 11.9. The Morgan fingerprint density at radius 2 is 2.41 bits per heavy atom. The van der Waals surface area contributed by atoms with Crippen molar-refractivity contribution in [3.05, 3.63) is 29.3 Å². The molecule has 0 fully saturated rings. The van der Waals surface area contributed by atoms with Crippen molar-refractivity contribution in [2.45, 2.75) is 26.2 Å². The molecule has 92 valence electrons. The molecule has 1 aromatic carbocycles. The van der Waals surface area contributed by atoms with E-state index < -0.39 is 0 Å². The molecule has 1 aliphatic rings. The van der Waals surface area contributed by atoms with Crippen LogP contribution >= 0.6 is 0 Å². The number of nitrogens with one attached hydrogen (secondary N) is 1. The Labute approximate surface area is 101 Å². The van der Waals surface area contributed by atoms with Crippen molar-refractivity contribution >= 4 is 11.7 Å². The second-order valence-electron chi connectivity index (χ2n) is 4.28. The molecule has 0 radical (unpaired) electrons. The number of nitrogen functional groups attached to an aromatic ring is 1. The van der Waals surface area contributed by atoms with E-state index in [1.165, 1.54) is 5.56 Å². The molecule has 2 rings (SSSR count). The molecule has 0 bridgehead atoms. The second kappa shape index (κ2) is 5.19. The van der Waals surface area contributed by atoms with Crippen LogP contribution in [0.4, 0.5) is 5.69 Å². The summed E-state index contributed by atoms with van der Waals surface area (Å²) >= 11 is 0. The van der Waals surface area contributed by atoms with Gasteiger partial charge >= 0.3 is 5.97 Å². The molecule has 1 aromatic rings. The van der Waals surface area contributed by atoms with Gasteiger partial charge in [-0.3, -0.25) is 10.6 Å². The maximum absolute atomic E-state index is 11.7. The molecule has 1 aliphatic carbocycles. The Kier molecular flexibility index (Phi) is 3.64. The predicted octanol–water partition coefficient (Wildman–Crippen LogP) is 1.64. The summed E-state index contributed by atoms with van der Waals surface area (Å²) in [6.07, 6.45) is 2.49. The smallest absolute Gasteiger partial charge is 0.309 e. The van der Waals surface area contributed by atoms with Crippen LogP contribution in [0, 0.1) is 5.92 Å². The fourth-order valence-corrected chi connectivity index (χ4v) is 2.38. The fraction of sp³-hybridized carbons (Fsp3) is 0.462. The number of fused-ring (bicyclic) bond motifs is 1. The van der Waals surface area contributed by atoms with Gasteiger partial charge in [0.15, 0.2) is 0 Å². The molecular weight excluding hydrogens is 216 g/mol. The van der Waals surface area contributed by atoms with Gasteiger partial charge in [0.05, 0.1) is 18.2 Å². The van der Waals surface area contributed by atoms with Gasteiger partial charge in [-0.2, -0.15) is 0 Å². The molecule has 0 amide bonds. The van der Waals surface area contributed by atoms with E-state index in [1.807, 2.05) is 19.1 Å². The van der Waals surface area contributed by atoms with E-state index >= 15 is 0 Å². The predicted molar refractivity (Wildman–Crippen MR) is 66.4 cm³/mol. The molecule has 1 unspecified atom stereocenters. The summed E-state index contributed by atoms with van der Waals surface area (Å²) in [5, 5.41) is 0. The van der Waals surface area contributed by atoms with Crippen molar-refractivity contribution in [3.63, 3.8) is 0 Å². The van der Waals surface area contributed by atoms with Crippen LogP contribution in [-0.2, 0) is 22.4 Å². The Balaban J connectivity index is 2.19. The summed E-state index contributed by atoms with van der Waals surface area (Å²) in [4.78, 5) is 11.7. The van der Waals surface area contributed by atoms with Crippen LogP contribution in [-0.4, -0.2) is 12.6 Å². The number of hydrazine groups is 1. The molecule has 3 N–H and O–H groups in total. The van der Waals surface area contributed by atoms with Crippen LogP contribution in [0.3, 0.4) is 0 Å².